The summed E-state index contributed by atoms with van der Waals surface area (Å²) in [6.45, 7) is 1.49. The second-order valence-electron chi connectivity index (χ2n) is 5.55. The molecule has 0 radical (unpaired) electrons. The number of halogens is 2. The number of primary amides is 1. The number of pyridine rings is 1. The van der Waals surface area contributed by atoms with E-state index in [4.69, 9.17) is 26.8 Å². The lowest BCUT2D eigenvalue weighted by molar-refractivity contribution is -0.0104. The van der Waals surface area contributed by atoms with E-state index in [9.17, 15) is 9.18 Å². The molecule has 6 nitrogen and oxygen atoms in total. The number of carbonyl (C=O) groups is 1. The fraction of sp³-hybridized carbons (Fsp3) is 0.294. The van der Waals surface area contributed by atoms with Gasteiger partial charge in [-0.05, 0) is 29.8 Å². The molecule has 0 bridgehead atoms. The van der Waals surface area contributed by atoms with Crippen LogP contribution in [0, 0.1) is 5.82 Å². The van der Waals surface area contributed by atoms with Crippen molar-refractivity contribution in [2.45, 2.75) is 12.2 Å². The van der Waals surface area contributed by atoms with E-state index in [0.29, 0.717) is 25.3 Å². The minimum Gasteiger partial charge on any atom is -0.469 e. The van der Waals surface area contributed by atoms with E-state index in [2.05, 4.69) is 10.3 Å². The molecule has 1 saturated heterocycles. The van der Waals surface area contributed by atoms with Crippen LogP contribution < -0.4 is 15.8 Å². The molecule has 3 N–H and O–H groups in total. The van der Waals surface area contributed by atoms with Crippen molar-refractivity contribution in [1.82, 2.24) is 10.3 Å². The van der Waals surface area contributed by atoms with Gasteiger partial charge in [-0.1, -0.05) is 17.7 Å². The molecule has 1 aliphatic rings. The van der Waals surface area contributed by atoms with Crippen LogP contribution in [0.4, 0.5) is 4.39 Å². The van der Waals surface area contributed by atoms with Crippen LogP contribution in [0.3, 0.4) is 0 Å². The fourth-order valence-electron chi connectivity index (χ4n) is 2.64. The van der Waals surface area contributed by atoms with Crippen LogP contribution in [0.25, 0.3) is 0 Å². The van der Waals surface area contributed by atoms with Gasteiger partial charge in [0.05, 0.1) is 11.6 Å². The van der Waals surface area contributed by atoms with Gasteiger partial charge in [0, 0.05) is 19.3 Å². The Hall–Kier alpha value is -2.22. The molecule has 1 aromatic carbocycles. The molecule has 1 aliphatic heterocycles. The number of benzene rings is 1. The van der Waals surface area contributed by atoms with Gasteiger partial charge in [0.1, 0.15) is 23.6 Å². The summed E-state index contributed by atoms with van der Waals surface area (Å²) in [5.74, 6) is -1.05. The van der Waals surface area contributed by atoms with Crippen molar-refractivity contribution < 1.29 is 18.7 Å². The second-order valence-corrected chi connectivity index (χ2v) is 5.95. The molecule has 1 fully saturated rings. The molecule has 8 heteroatoms. The van der Waals surface area contributed by atoms with Crippen molar-refractivity contribution in [1.29, 1.82) is 0 Å². The summed E-state index contributed by atoms with van der Waals surface area (Å²) in [6.07, 6.45) is 0.421. The predicted molar refractivity (Wildman–Crippen MR) is 90.1 cm³/mol. The van der Waals surface area contributed by atoms with Crippen LogP contribution in [0.5, 0.6) is 5.88 Å². The summed E-state index contributed by atoms with van der Waals surface area (Å²) < 4.78 is 25.6. The highest BCUT2D eigenvalue weighted by atomic mass is 35.5. The van der Waals surface area contributed by atoms with Gasteiger partial charge >= 0.3 is 0 Å². The van der Waals surface area contributed by atoms with E-state index in [1.54, 1.807) is 12.1 Å². The smallest absolute Gasteiger partial charge is 0.254 e. The normalized spacial score (nSPS) is 20.7. The summed E-state index contributed by atoms with van der Waals surface area (Å²) in [7, 11) is 0. The molecule has 0 unspecified atom stereocenters. The topological polar surface area (TPSA) is 86.5 Å². The number of carbonyl (C=O) groups excluding carboxylic acids is 1. The summed E-state index contributed by atoms with van der Waals surface area (Å²) in [6, 6.07) is 7.61. The van der Waals surface area contributed by atoms with Crippen molar-refractivity contribution in [2.24, 2.45) is 5.73 Å². The van der Waals surface area contributed by atoms with E-state index in [-0.39, 0.29) is 16.5 Å². The van der Waals surface area contributed by atoms with Crippen molar-refractivity contribution >= 4 is 17.5 Å². The van der Waals surface area contributed by atoms with Gasteiger partial charge in [0.25, 0.3) is 5.91 Å². The average molecular weight is 366 g/mol. The Kier molecular flexibility index (Phi) is 5.47. The summed E-state index contributed by atoms with van der Waals surface area (Å²) in [5.41, 5.74) is 6.13. The van der Waals surface area contributed by atoms with E-state index >= 15 is 0 Å². The maximum atomic E-state index is 13.8. The molecule has 2 heterocycles. The van der Waals surface area contributed by atoms with Crippen molar-refractivity contribution in [3.05, 3.63) is 58.5 Å². The van der Waals surface area contributed by atoms with E-state index in [1.807, 2.05) is 0 Å². The first-order valence-electron chi connectivity index (χ1n) is 7.75. The third kappa shape index (κ3) is 4.07. The molecule has 0 aliphatic carbocycles. The molecule has 0 saturated carbocycles. The average Bonchev–Trinajstić information content (AvgIpc) is 2.83. The number of nitrogens with one attached hydrogen (secondary N) is 1. The van der Waals surface area contributed by atoms with Gasteiger partial charge in [-0.25, -0.2) is 9.37 Å². The quantitative estimate of drug-likeness (QED) is 0.866. The molecule has 25 heavy (non-hydrogen) atoms. The zero-order valence-corrected chi connectivity index (χ0v) is 14.0. The van der Waals surface area contributed by atoms with E-state index < -0.39 is 23.9 Å². The number of hydrogen-bond acceptors (Lipinski definition) is 5. The highest BCUT2D eigenvalue weighted by Gasteiger charge is 2.30. The van der Waals surface area contributed by atoms with Crippen LogP contribution in [0.2, 0.25) is 5.02 Å². The molecule has 2 aromatic rings. The minimum absolute atomic E-state index is 0.0358. The highest BCUT2D eigenvalue weighted by molar-refractivity contribution is 6.30. The molecule has 2 atom stereocenters. The van der Waals surface area contributed by atoms with Gasteiger partial charge in [-0.3, -0.25) is 4.79 Å². The Bertz CT molecular complexity index is 775. The predicted octanol–water partition coefficient (Wildman–Crippen LogP) is 2.08. The Morgan fingerprint density at radius 2 is 2.28 bits per heavy atom. The second kappa shape index (κ2) is 7.77. The Labute approximate surface area is 149 Å². The first-order valence-corrected chi connectivity index (χ1v) is 8.13. The maximum Gasteiger partial charge on any atom is 0.254 e. The lowest BCUT2D eigenvalue weighted by Crippen LogP contribution is -2.35. The monoisotopic (exact) mass is 365 g/mol. The number of rotatable bonds is 4. The zero-order valence-electron chi connectivity index (χ0n) is 13.2. The van der Waals surface area contributed by atoms with Crippen LogP contribution in [-0.4, -0.2) is 36.7 Å². The SMILES string of the molecule is NC(=O)c1cccnc1O[C@@H]1CNCCO[C@H]1c1ccc(Cl)c(F)c1. The summed E-state index contributed by atoms with van der Waals surface area (Å²) >= 11 is 5.75. The zero-order chi connectivity index (χ0) is 17.8. The van der Waals surface area contributed by atoms with Crippen molar-refractivity contribution in [3.8, 4) is 5.88 Å². The Morgan fingerprint density at radius 3 is 3.04 bits per heavy atom. The largest absolute Gasteiger partial charge is 0.469 e. The van der Waals surface area contributed by atoms with Gasteiger partial charge in [-0.15, -0.1) is 0 Å². The lowest BCUT2D eigenvalue weighted by Gasteiger charge is -2.26. The maximum absolute atomic E-state index is 13.8. The highest BCUT2D eigenvalue weighted by Crippen LogP contribution is 2.29. The number of hydrogen-bond donors (Lipinski definition) is 2. The third-order valence-electron chi connectivity index (χ3n) is 3.83. The van der Waals surface area contributed by atoms with Crippen LogP contribution in [-0.2, 0) is 4.74 Å². The molecule has 1 aromatic heterocycles. The first kappa shape index (κ1) is 17.6. The van der Waals surface area contributed by atoms with Gasteiger partial charge < -0.3 is 20.5 Å². The standard InChI is InChI=1S/C17H17ClFN3O3/c18-12-4-3-10(8-13(12)19)15-14(9-21-6-7-24-15)25-17-11(16(20)23)2-1-5-22-17/h1-5,8,14-15,21H,6-7,9H2,(H2,20,23)/t14-,15+/m1/s1. The molecule has 1 amide bonds. The molecule has 3 rings (SSSR count). The number of aromatic nitrogens is 1. The number of nitrogens with zero attached hydrogens (tertiary/aromatic N) is 1. The summed E-state index contributed by atoms with van der Waals surface area (Å²) in [5, 5.41) is 3.21. The lowest BCUT2D eigenvalue weighted by atomic mass is 10.0. The van der Waals surface area contributed by atoms with Crippen LogP contribution >= 0.6 is 11.6 Å². The Balaban J connectivity index is 1.91. The van der Waals surface area contributed by atoms with Crippen molar-refractivity contribution in [3.63, 3.8) is 0 Å². The molecule has 132 valence electrons. The molecular formula is C17H17ClFN3O3. The van der Waals surface area contributed by atoms with Crippen LogP contribution in [0.1, 0.15) is 22.0 Å². The van der Waals surface area contributed by atoms with E-state index in [1.165, 1.54) is 24.4 Å². The third-order valence-corrected chi connectivity index (χ3v) is 4.14. The first-order chi connectivity index (χ1) is 12.1. The van der Waals surface area contributed by atoms with Crippen LogP contribution in [0.15, 0.2) is 36.5 Å². The molecular weight excluding hydrogens is 349 g/mol. The van der Waals surface area contributed by atoms with Gasteiger partial charge in [0.15, 0.2) is 0 Å². The Morgan fingerprint density at radius 1 is 1.44 bits per heavy atom. The van der Waals surface area contributed by atoms with Gasteiger partial charge in [-0.2, -0.15) is 0 Å². The van der Waals surface area contributed by atoms with E-state index in [0.717, 1.165) is 0 Å². The minimum atomic E-state index is -0.639. The number of amides is 1. The summed E-state index contributed by atoms with van der Waals surface area (Å²) in [4.78, 5) is 15.6. The van der Waals surface area contributed by atoms with Gasteiger partial charge in [0.2, 0.25) is 5.88 Å². The molecule has 0 spiro atoms. The number of ether oxygens (including phenoxy) is 2. The van der Waals surface area contributed by atoms with Crippen molar-refractivity contribution in [2.75, 3.05) is 19.7 Å². The fourth-order valence-corrected chi connectivity index (χ4v) is 2.75. The number of nitrogens with two attached hydrogens (primary N) is 1.